The van der Waals surface area contributed by atoms with Crippen molar-refractivity contribution in [2.75, 3.05) is 13.2 Å². The van der Waals surface area contributed by atoms with E-state index in [1.54, 1.807) is 36.0 Å². The van der Waals surface area contributed by atoms with Crippen LogP contribution in [0.5, 0.6) is 11.5 Å². The molecule has 2 N–H and O–H groups in total. The maximum absolute atomic E-state index is 12.0. The summed E-state index contributed by atoms with van der Waals surface area (Å²) in [5.74, 6) is 0.149. The number of thiazole rings is 1. The molecule has 3 rings (SSSR count). The largest absolute Gasteiger partial charge is 0.490 e. The molecule has 0 aliphatic heterocycles. The summed E-state index contributed by atoms with van der Waals surface area (Å²) >= 11 is 1.43. The van der Waals surface area contributed by atoms with E-state index in [4.69, 9.17) is 9.47 Å². The van der Waals surface area contributed by atoms with E-state index in [0.29, 0.717) is 23.8 Å². The number of nitrogens with zero attached hydrogens (tertiary/aromatic N) is 2. The number of pyridine rings is 1. The van der Waals surface area contributed by atoms with E-state index in [1.165, 1.54) is 11.3 Å². The van der Waals surface area contributed by atoms with Crippen molar-refractivity contribution >= 4 is 23.2 Å². The Morgan fingerprint density at radius 3 is 2.52 bits per heavy atom. The average Bonchev–Trinajstić information content (AvgIpc) is 3.21. The Kier molecular flexibility index (Phi) is 7.12. The topological polar surface area (TPSA) is 102 Å². The maximum Gasteiger partial charge on any atom is 0.276 e. The van der Waals surface area contributed by atoms with Crippen LogP contribution >= 0.6 is 11.3 Å². The van der Waals surface area contributed by atoms with Crippen LogP contribution in [0.2, 0.25) is 0 Å². The number of amides is 2. The fourth-order valence-corrected chi connectivity index (χ4v) is 3.19. The highest BCUT2D eigenvalue weighted by Gasteiger charge is 2.11. The summed E-state index contributed by atoms with van der Waals surface area (Å²) in [5, 5.41) is 2.59. The molecule has 0 saturated heterocycles. The summed E-state index contributed by atoms with van der Waals surface area (Å²) in [6.07, 6.45) is 3.45. The quantitative estimate of drug-likeness (QED) is 0.551. The van der Waals surface area contributed by atoms with Crippen LogP contribution in [0.1, 0.15) is 12.6 Å². The van der Waals surface area contributed by atoms with Crippen molar-refractivity contribution in [1.82, 2.24) is 20.8 Å². The molecule has 0 fully saturated rings. The highest BCUT2D eigenvalue weighted by Crippen LogP contribution is 2.26. The van der Waals surface area contributed by atoms with Gasteiger partial charge in [0, 0.05) is 23.3 Å². The van der Waals surface area contributed by atoms with Gasteiger partial charge in [-0.05, 0) is 31.2 Å². The molecule has 2 aromatic heterocycles. The summed E-state index contributed by atoms with van der Waals surface area (Å²) in [6.45, 7) is 2.09. The van der Waals surface area contributed by atoms with Gasteiger partial charge in [-0.15, -0.1) is 11.3 Å². The second kappa shape index (κ2) is 10.2. The highest BCUT2D eigenvalue weighted by molar-refractivity contribution is 7.13. The molecule has 29 heavy (non-hydrogen) atoms. The number of hydrogen-bond acceptors (Lipinski definition) is 7. The lowest BCUT2D eigenvalue weighted by Gasteiger charge is -2.11. The van der Waals surface area contributed by atoms with Crippen LogP contribution in [-0.2, 0) is 16.0 Å². The van der Waals surface area contributed by atoms with Gasteiger partial charge < -0.3 is 9.47 Å². The smallest absolute Gasteiger partial charge is 0.276 e. The predicted molar refractivity (Wildman–Crippen MR) is 108 cm³/mol. The Bertz CT molecular complexity index is 962. The van der Waals surface area contributed by atoms with Crippen molar-refractivity contribution in [3.05, 3.63) is 59.9 Å². The first-order valence-electron chi connectivity index (χ1n) is 8.93. The summed E-state index contributed by atoms with van der Waals surface area (Å²) in [6, 6.07) is 10.8. The Morgan fingerprint density at radius 2 is 1.79 bits per heavy atom. The molecule has 1 aromatic carbocycles. The predicted octanol–water partition coefficient (Wildman–Crippen LogP) is 2.37. The second-order valence-corrected chi connectivity index (χ2v) is 6.69. The second-order valence-electron chi connectivity index (χ2n) is 5.83. The Balaban J connectivity index is 1.44. The molecule has 150 valence electrons. The third kappa shape index (κ3) is 6.01. The molecule has 0 atom stereocenters. The minimum atomic E-state index is -0.487. The number of benzene rings is 1. The summed E-state index contributed by atoms with van der Waals surface area (Å²) < 4.78 is 10.9. The van der Waals surface area contributed by atoms with Crippen LogP contribution in [0.25, 0.3) is 10.6 Å². The molecular formula is C20H20N4O4S. The SMILES string of the molecule is CCOc1ccccc1OCC(=O)NNC(=O)Cc1csc(-c2cccnc2)n1. The minimum Gasteiger partial charge on any atom is -0.490 e. The van der Waals surface area contributed by atoms with Crippen molar-refractivity contribution in [1.29, 1.82) is 0 Å². The van der Waals surface area contributed by atoms with Gasteiger partial charge in [-0.2, -0.15) is 0 Å². The molecule has 9 heteroatoms. The van der Waals surface area contributed by atoms with Gasteiger partial charge >= 0.3 is 0 Å². The van der Waals surface area contributed by atoms with Gasteiger partial charge in [0.25, 0.3) is 5.91 Å². The van der Waals surface area contributed by atoms with Gasteiger partial charge in [-0.25, -0.2) is 4.98 Å². The zero-order valence-corrected chi connectivity index (χ0v) is 16.6. The molecule has 0 aliphatic carbocycles. The number of aromatic nitrogens is 2. The molecule has 2 heterocycles. The van der Waals surface area contributed by atoms with Crippen molar-refractivity contribution in [2.45, 2.75) is 13.3 Å². The first-order chi connectivity index (χ1) is 14.2. The number of rotatable bonds is 8. The molecule has 0 unspecified atom stereocenters. The lowest BCUT2D eigenvalue weighted by atomic mass is 10.3. The third-order valence-corrected chi connectivity index (χ3v) is 4.59. The van der Waals surface area contributed by atoms with Crippen molar-refractivity contribution in [3.63, 3.8) is 0 Å². The monoisotopic (exact) mass is 412 g/mol. The van der Waals surface area contributed by atoms with Crippen molar-refractivity contribution in [2.24, 2.45) is 0 Å². The highest BCUT2D eigenvalue weighted by atomic mass is 32.1. The van der Waals surface area contributed by atoms with Crippen molar-refractivity contribution in [3.8, 4) is 22.1 Å². The number of hydrogen-bond donors (Lipinski definition) is 2. The standard InChI is InChI=1S/C20H20N4O4S/c1-2-27-16-7-3-4-8-17(16)28-12-19(26)24-23-18(25)10-15-13-29-20(22-15)14-6-5-9-21-11-14/h3-9,11,13H,2,10,12H2,1H3,(H,23,25)(H,24,26). The molecule has 0 aliphatic rings. The van der Waals surface area contributed by atoms with E-state index in [9.17, 15) is 9.59 Å². The normalized spacial score (nSPS) is 10.2. The molecule has 0 radical (unpaired) electrons. The number of para-hydroxylation sites is 2. The summed E-state index contributed by atoms with van der Waals surface area (Å²) in [4.78, 5) is 32.4. The Labute approximate surface area is 171 Å². The lowest BCUT2D eigenvalue weighted by Crippen LogP contribution is -2.44. The molecule has 8 nitrogen and oxygen atoms in total. The third-order valence-electron chi connectivity index (χ3n) is 3.65. The molecule has 0 bridgehead atoms. The average molecular weight is 412 g/mol. The van der Waals surface area contributed by atoms with E-state index in [1.807, 2.05) is 25.1 Å². The van der Waals surface area contributed by atoms with Crippen LogP contribution in [0.15, 0.2) is 54.2 Å². The number of hydrazine groups is 1. The Morgan fingerprint density at radius 1 is 1.03 bits per heavy atom. The Hall–Kier alpha value is -3.46. The van der Waals surface area contributed by atoms with Gasteiger partial charge in [0.2, 0.25) is 5.91 Å². The summed E-state index contributed by atoms with van der Waals surface area (Å²) in [7, 11) is 0. The van der Waals surface area contributed by atoms with E-state index < -0.39 is 5.91 Å². The molecule has 3 aromatic rings. The van der Waals surface area contributed by atoms with E-state index in [0.717, 1.165) is 10.6 Å². The first-order valence-corrected chi connectivity index (χ1v) is 9.80. The lowest BCUT2D eigenvalue weighted by molar-refractivity contribution is -0.129. The zero-order chi connectivity index (χ0) is 20.5. The van der Waals surface area contributed by atoms with Gasteiger partial charge in [0.05, 0.1) is 18.7 Å². The fraction of sp³-hybridized carbons (Fsp3) is 0.200. The van der Waals surface area contributed by atoms with Gasteiger partial charge in [-0.3, -0.25) is 25.4 Å². The number of carbonyl (C=O) groups is 2. The number of nitrogens with one attached hydrogen (secondary N) is 2. The number of ether oxygens (including phenoxy) is 2. The fourth-order valence-electron chi connectivity index (χ4n) is 2.38. The minimum absolute atomic E-state index is 0.0467. The molecule has 2 amide bonds. The molecule has 0 saturated carbocycles. The number of carbonyl (C=O) groups excluding carboxylic acids is 2. The van der Waals surface area contributed by atoms with Crippen LogP contribution in [0, 0.1) is 0 Å². The van der Waals surface area contributed by atoms with Gasteiger partial charge in [0.15, 0.2) is 18.1 Å². The van der Waals surface area contributed by atoms with Gasteiger partial charge in [0.1, 0.15) is 5.01 Å². The van der Waals surface area contributed by atoms with Gasteiger partial charge in [-0.1, -0.05) is 12.1 Å². The van der Waals surface area contributed by atoms with E-state index >= 15 is 0 Å². The van der Waals surface area contributed by atoms with Crippen molar-refractivity contribution < 1.29 is 19.1 Å². The zero-order valence-electron chi connectivity index (χ0n) is 15.8. The van der Waals surface area contributed by atoms with Crippen LogP contribution < -0.4 is 20.3 Å². The van der Waals surface area contributed by atoms with E-state index in [-0.39, 0.29) is 18.9 Å². The first kappa shape index (κ1) is 20.3. The summed E-state index contributed by atoms with van der Waals surface area (Å²) in [5.41, 5.74) is 6.19. The van der Waals surface area contributed by atoms with E-state index in [2.05, 4.69) is 20.8 Å². The molecular weight excluding hydrogens is 392 g/mol. The maximum atomic E-state index is 12.0. The van der Waals surface area contributed by atoms with Crippen LogP contribution in [0.3, 0.4) is 0 Å². The molecule has 0 spiro atoms. The van der Waals surface area contributed by atoms with Crippen LogP contribution in [0.4, 0.5) is 0 Å². The van der Waals surface area contributed by atoms with Crippen LogP contribution in [-0.4, -0.2) is 35.0 Å².